The Morgan fingerprint density at radius 3 is 2.52 bits per heavy atom. The maximum absolute atomic E-state index is 12.8. The fourth-order valence-corrected chi connectivity index (χ4v) is 1.98. The highest BCUT2D eigenvalue weighted by molar-refractivity contribution is 6.17. The van der Waals surface area contributed by atoms with Gasteiger partial charge in [0.25, 0.3) is 0 Å². The van der Waals surface area contributed by atoms with E-state index in [2.05, 4.69) is 9.72 Å². The van der Waals surface area contributed by atoms with E-state index in [9.17, 15) is 18.0 Å². The molecule has 1 heterocycles. The SMILES string of the molecule is COC=C(C(=O)OC)c1ccccc1Oc1cc(C(F)(F)F)ccn1. The van der Waals surface area contributed by atoms with E-state index < -0.39 is 17.7 Å². The number of halogens is 3. The number of methoxy groups -OCH3 is 2. The third-order valence-corrected chi connectivity index (χ3v) is 3.09. The number of aromatic nitrogens is 1. The lowest BCUT2D eigenvalue weighted by molar-refractivity contribution is -0.137. The lowest BCUT2D eigenvalue weighted by Crippen LogP contribution is -2.07. The van der Waals surface area contributed by atoms with Gasteiger partial charge in [0, 0.05) is 17.8 Å². The van der Waals surface area contributed by atoms with Crippen LogP contribution in [0.15, 0.2) is 48.9 Å². The molecule has 132 valence electrons. The van der Waals surface area contributed by atoms with Gasteiger partial charge in [0.05, 0.1) is 26.0 Å². The number of para-hydroxylation sites is 1. The standard InChI is InChI=1S/C17H14F3NO4/c1-23-10-13(16(22)24-2)12-5-3-4-6-14(12)25-15-9-11(7-8-21-15)17(18,19)20/h3-10H,1-2H3. The average molecular weight is 353 g/mol. The molecule has 2 rings (SSSR count). The zero-order valence-electron chi connectivity index (χ0n) is 13.3. The third kappa shape index (κ3) is 4.50. The van der Waals surface area contributed by atoms with Gasteiger partial charge in [-0.05, 0) is 12.1 Å². The summed E-state index contributed by atoms with van der Waals surface area (Å²) in [6, 6.07) is 7.88. The minimum Gasteiger partial charge on any atom is -0.503 e. The van der Waals surface area contributed by atoms with Gasteiger partial charge in [0.2, 0.25) is 5.88 Å². The molecular formula is C17H14F3NO4. The van der Waals surface area contributed by atoms with Gasteiger partial charge in [0.1, 0.15) is 11.3 Å². The third-order valence-electron chi connectivity index (χ3n) is 3.09. The van der Waals surface area contributed by atoms with E-state index >= 15 is 0 Å². The van der Waals surface area contributed by atoms with Gasteiger partial charge in [-0.25, -0.2) is 9.78 Å². The van der Waals surface area contributed by atoms with E-state index in [0.29, 0.717) is 0 Å². The Labute approximate surface area is 141 Å². The fourth-order valence-electron chi connectivity index (χ4n) is 1.98. The number of ether oxygens (including phenoxy) is 3. The van der Waals surface area contributed by atoms with Crippen LogP contribution in [0.5, 0.6) is 11.6 Å². The number of esters is 1. The molecule has 2 aromatic rings. The molecule has 0 fully saturated rings. The van der Waals surface area contributed by atoms with E-state index in [1.54, 1.807) is 18.2 Å². The Morgan fingerprint density at radius 2 is 1.88 bits per heavy atom. The number of hydrogen-bond acceptors (Lipinski definition) is 5. The molecule has 1 aromatic carbocycles. The molecule has 0 unspecified atom stereocenters. The molecule has 8 heteroatoms. The second kappa shape index (κ2) is 7.69. The number of carbonyl (C=O) groups is 1. The Hall–Kier alpha value is -3.03. The Bertz CT molecular complexity index is 787. The highest BCUT2D eigenvalue weighted by atomic mass is 19.4. The van der Waals surface area contributed by atoms with Crippen LogP contribution in [0, 0.1) is 0 Å². The van der Waals surface area contributed by atoms with Gasteiger partial charge >= 0.3 is 12.1 Å². The number of carbonyl (C=O) groups excluding carboxylic acids is 1. The van der Waals surface area contributed by atoms with E-state index in [0.717, 1.165) is 24.6 Å². The van der Waals surface area contributed by atoms with Crippen molar-refractivity contribution in [3.63, 3.8) is 0 Å². The Morgan fingerprint density at radius 1 is 1.16 bits per heavy atom. The van der Waals surface area contributed by atoms with Gasteiger partial charge in [0.15, 0.2) is 0 Å². The number of hydrogen-bond donors (Lipinski definition) is 0. The second-order valence-corrected chi connectivity index (χ2v) is 4.74. The van der Waals surface area contributed by atoms with Crippen molar-refractivity contribution >= 4 is 11.5 Å². The van der Waals surface area contributed by atoms with Crippen LogP contribution in [0.4, 0.5) is 13.2 Å². The first kappa shape index (κ1) is 18.3. The van der Waals surface area contributed by atoms with Gasteiger partial charge < -0.3 is 14.2 Å². The molecule has 0 bridgehead atoms. The minimum absolute atomic E-state index is 0.0487. The molecule has 0 radical (unpaired) electrons. The molecule has 0 saturated heterocycles. The van der Waals surface area contributed by atoms with Crippen molar-refractivity contribution in [1.82, 2.24) is 4.98 Å². The van der Waals surface area contributed by atoms with Crippen molar-refractivity contribution in [2.75, 3.05) is 14.2 Å². The number of rotatable bonds is 5. The van der Waals surface area contributed by atoms with Crippen molar-refractivity contribution in [3.05, 3.63) is 60.0 Å². The molecule has 0 aliphatic carbocycles. The summed E-state index contributed by atoms with van der Waals surface area (Å²) in [6.07, 6.45) is -2.37. The number of nitrogens with zero attached hydrogens (tertiary/aromatic N) is 1. The Kier molecular flexibility index (Phi) is 5.63. The molecule has 0 spiro atoms. The first-order chi connectivity index (χ1) is 11.9. The average Bonchev–Trinajstić information content (AvgIpc) is 2.59. The summed E-state index contributed by atoms with van der Waals surface area (Å²) < 4.78 is 53.4. The van der Waals surface area contributed by atoms with Gasteiger partial charge in [-0.3, -0.25) is 0 Å². The van der Waals surface area contributed by atoms with E-state index in [1.165, 1.54) is 20.3 Å². The van der Waals surface area contributed by atoms with Crippen LogP contribution in [0.1, 0.15) is 11.1 Å². The van der Waals surface area contributed by atoms with Crippen molar-refractivity contribution in [2.24, 2.45) is 0 Å². The monoisotopic (exact) mass is 353 g/mol. The number of pyridine rings is 1. The summed E-state index contributed by atoms with van der Waals surface area (Å²) in [5.41, 5.74) is -0.557. The topological polar surface area (TPSA) is 57.7 Å². The first-order valence-corrected chi connectivity index (χ1v) is 6.98. The second-order valence-electron chi connectivity index (χ2n) is 4.74. The summed E-state index contributed by atoms with van der Waals surface area (Å²) in [7, 11) is 2.55. The lowest BCUT2D eigenvalue weighted by atomic mass is 10.1. The Balaban J connectivity index is 2.42. The number of alkyl halides is 3. The quantitative estimate of drug-likeness (QED) is 0.461. The van der Waals surface area contributed by atoms with Crippen molar-refractivity contribution in [1.29, 1.82) is 0 Å². The van der Waals surface area contributed by atoms with Crippen LogP contribution in [-0.2, 0) is 20.4 Å². The maximum Gasteiger partial charge on any atom is 0.416 e. The molecule has 0 aliphatic rings. The molecular weight excluding hydrogens is 339 g/mol. The first-order valence-electron chi connectivity index (χ1n) is 6.98. The van der Waals surface area contributed by atoms with Gasteiger partial charge in [-0.1, -0.05) is 18.2 Å². The smallest absolute Gasteiger partial charge is 0.416 e. The lowest BCUT2D eigenvalue weighted by Gasteiger charge is -2.13. The van der Waals surface area contributed by atoms with Crippen LogP contribution in [0.25, 0.3) is 5.57 Å². The molecule has 1 aromatic heterocycles. The largest absolute Gasteiger partial charge is 0.503 e. The molecule has 0 amide bonds. The fraction of sp³-hybridized carbons (Fsp3) is 0.176. The summed E-state index contributed by atoms with van der Waals surface area (Å²) in [5, 5.41) is 0. The highest BCUT2D eigenvalue weighted by Gasteiger charge is 2.31. The number of benzene rings is 1. The van der Waals surface area contributed by atoms with Crippen LogP contribution in [0.3, 0.4) is 0 Å². The van der Waals surface area contributed by atoms with Gasteiger partial charge in [-0.15, -0.1) is 0 Å². The van der Waals surface area contributed by atoms with E-state index in [-0.39, 0.29) is 22.8 Å². The summed E-state index contributed by atoms with van der Waals surface area (Å²) in [6.45, 7) is 0. The predicted octanol–water partition coefficient (Wildman–Crippen LogP) is 4.05. The summed E-state index contributed by atoms with van der Waals surface area (Å²) in [4.78, 5) is 15.7. The van der Waals surface area contributed by atoms with Crippen molar-refractivity contribution < 1.29 is 32.2 Å². The van der Waals surface area contributed by atoms with E-state index in [4.69, 9.17) is 9.47 Å². The summed E-state index contributed by atoms with van der Waals surface area (Å²) in [5.74, 6) is -0.818. The van der Waals surface area contributed by atoms with Crippen LogP contribution >= 0.6 is 0 Å². The zero-order chi connectivity index (χ0) is 18.4. The van der Waals surface area contributed by atoms with Crippen molar-refractivity contribution in [3.8, 4) is 11.6 Å². The molecule has 5 nitrogen and oxygen atoms in total. The van der Waals surface area contributed by atoms with Crippen molar-refractivity contribution in [2.45, 2.75) is 6.18 Å². The molecule has 0 aliphatic heterocycles. The van der Waals surface area contributed by atoms with Gasteiger partial charge in [-0.2, -0.15) is 13.2 Å². The van der Waals surface area contributed by atoms with E-state index in [1.807, 2.05) is 0 Å². The summed E-state index contributed by atoms with van der Waals surface area (Å²) >= 11 is 0. The zero-order valence-corrected chi connectivity index (χ0v) is 13.3. The molecule has 0 atom stereocenters. The molecule has 0 N–H and O–H groups in total. The molecule has 0 saturated carbocycles. The van der Waals surface area contributed by atoms with Crippen LogP contribution in [0.2, 0.25) is 0 Å². The minimum atomic E-state index is -4.52. The van der Waals surface area contributed by atoms with Crippen LogP contribution < -0.4 is 4.74 Å². The molecule has 25 heavy (non-hydrogen) atoms. The van der Waals surface area contributed by atoms with Crippen LogP contribution in [-0.4, -0.2) is 25.2 Å². The maximum atomic E-state index is 12.8. The normalized spacial score (nSPS) is 11.8. The highest BCUT2D eigenvalue weighted by Crippen LogP contribution is 2.34. The predicted molar refractivity (Wildman–Crippen MR) is 82.8 cm³/mol.